The van der Waals surface area contributed by atoms with Crippen molar-refractivity contribution in [2.45, 2.75) is 37.6 Å². The van der Waals surface area contributed by atoms with Crippen molar-refractivity contribution >= 4 is 16.0 Å². The Hall–Kier alpha value is -1.40. The van der Waals surface area contributed by atoms with Gasteiger partial charge in [-0.25, -0.2) is 13.2 Å². The van der Waals surface area contributed by atoms with E-state index in [9.17, 15) is 13.2 Å². The van der Waals surface area contributed by atoms with Gasteiger partial charge >= 0.3 is 5.97 Å². The lowest BCUT2D eigenvalue weighted by atomic mass is 10.2. The topological polar surface area (TPSA) is 74.7 Å². The van der Waals surface area contributed by atoms with Gasteiger partial charge in [-0.05, 0) is 25.5 Å². The lowest BCUT2D eigenvalue weighted by molar-refractivity contribution is 0.0692. The highest BCUT2D eigenvalue weighted by Crippen LogP contribution is 2.22. The van der Waals surface area contributed by atoms with Crippen LogP contribution in [0.1, 0.15) is 37.0 Å². The zero-order valence-corrected chi connectivity index (χ0v) is 12.1. The summed E-state index contributed by atoms with van der Waals surface area (Å²) in [7, 11) is -2.30. The fourth-order valence-electron chi connectivity index (χ4n) is 1.86. The van der Waals surface area contributed by atoms with Crippen molar-refractivity contribution in [2.75, 3.05) is 7.05 Å². The van der Waals surface area contributed by atoms with Gasteiger partial charge in [-0.3, -0.25) is 0 Å². The van der Waals surface area contributed by atoms with Crippen LogP contribution >= 0.6 is 0 Å². The zero-order valence-electron chi connectivity index (χ0n) is 11.3. The van der Waals surface area contributed by atoms with Crippen LogP contribution in [0.15, 0.2) is 29.2 Å². The number of carbonyl (C=O) groups is 1. The highest BCUT2D eigenvalue weighted by atomic mass is 32.2. The van der Waals surface area contributed by atoms with Crippen LogP contribution in [0.2, 0.25) is 0 Å². The molecule has 1 aromatic carbocycles. The molecule has 1 N–H and O–H groups in total. The molecular formula is C13H19NO4S. The van der Waals surface area contributed by atoms with Crippen LogP contribution in [-0.4, -0.2) is 36.9 Å². The summed E-state index contributed by atoms with van der Waals surface area (Å²) in [6.07, 6.45) is 1.59. The minimum Gasteiger partial charge on any atom is -0.478 e. The number of carboxylic acid groups (broad SMARTS) is 1. The summed E-state index contributed by atoms with van der Waals surface area (Å²) in [6, 6.07) is 5.49. The predicted molar refractivity (Wildman–Crippen MR) is 72.7 cm³/mol. The first kappa shape index (κ1) is 15.7. The van der Waals surface area contributed by atoms with Gasteiger partial charge in [0, 0.05) is 13.1 Å². The van der Waals surface area contributed by atoms with Crippen LogP contribution in [0, 0.1) is 0 Å². The maximum atomic E-state index is 12.4. The van der Waals surface area contributed by atoms with Gasteiger partial charge in [0.1, 0.15) is 0 Å². The lowest BCUT2D eigenvalue weighted by Gasteiger charge is -2.24. The Morgan fingerprint density at radius 2 is 1.95 bits per heavy atom. The Kier molecular flexibility index (Phi) is 5.08. The average Bonchev–Trinajstić information content (AvgIpc) is 2.38. The standard InChI is InChI=1S/C13H19NO4S/c1-4-7-10(2)14(3)19(17,18)12-9-6-5-8-11(12)13(15)16/h5-6,8-10H,4,7H2,1-3H3,(H,15,16). The molecule has 0 aliphatic rings. The van der Waals surface area contributed by atoms with Gasteiger partial charge < -0.3 is 5.11 Å². The van der Waals surface area contributed by atoms with Crippen LogP contribution in [-0.2, 0) is 10.0 Å². The molecule has 0 aliphatic carbocycles. The molecule has 1 unspecified atom stereocenters. The first-order valence-electron chi connectivity index (χ1n) is 6.12. The van der Waals surface area contributed by atoms with Crippen molar-refractivity contribution in [1.29, 1.82) is 0 Å². The molecule has 106 valence electrons. The van der Waals surface area contributed by atoms with Crippen molar-refractivity contribution in [3.63, 3.8) is 0 Å². The highest BCUT2D eigenvalue weighted by Gasteiger charge is 2.28. The summed E-state index contributed by atoms with van der Waals surface area (Å²) < 4.78 is 26.1. The van der Waals surface area contributed by atoms with E-state index < -0.39 is 16.0 Å². The summed E-state index contributed by atoms with van der Waals surface area (Å²) in [5.74, 6) is -1.24. The maximum absolute atomic E-state index is 12.4. The number of sulfonamides is 1. The molecule has 1 atom stereocenters. The van der Waals surface area contributed by atoms with Crippen LogP contribution in [0.5, 0.6) is 0 Å². The van der Waals surface area contributed by atoms with E-state index in [2.05, 4.69) is 0 Å². The summed E-state index contributed by atoms with van der Waals surface area (Å²) in [5.41, 5.74) is -0.196. The van der Waals surface area contributed by atoms with Crippen molar-refractivity contribution in [3.05, 3.63) is 29.8 Å². The molecule has 0 heterocycles. The first-order chi connectivity index (χ1) is 8.82. The molecule has 6 heteroatoms. The second-order valence-electron chi connectivity index (χ2n) is 4.46. The molecule has 0 bridgehead atoms. The second kappa shape index (κ2) is 6.16. The number of aromatic carboxylic acids is 1. The smallest absolute Gasteiger partial charge is 0.337 e. The Balaban J connectivity index is 3.24. The summed E-state index contributed by atoms with van der Waals surface area (Å²) in [5, 5.41) is 9.07. The average molecular weight is 285 g/mol. The molecule has 0 spiro atoms. The fourth-order valence-corrected chi connectivity index (χ4v) is 3.43. The van der Waals surface area contributed by atoms with E-state index in [-0.39, 0.29) is 16.5 Å². The maximum Gasteiger partial charge on any atom is 0.337 e. The van der Waals surface area contributed by atoms with Crippen LogP contribution < -0.4 is 0 Å². The van der Waals surface area contributed by atoms with Gasteiger partial charge in [-0.2, -0.15) is 4.31 Å². The summed E-state index contributed by atoms with van der Waals surface area (Å²) in [6.45, 7) is 3.78. The molecule has 1 aromatic rings. The quantitative estimate of drug-likeness (QED) is 0.869. The Bertz CT molecular complexity index is 554. The summed E-state index contributed by atoms with van der Waals surface area (Å²) >= 11 is 0. The van der Waals surface area contributed by atoms with Crippen molar-refractivity contribution in [2.24, 2.45) is 0 Å². The molecule has 19 heavy (non-hydrogen) atoms. The largest absolute Gasteiger partial charge is 0.478 e. The van der Waals surface area contributed by atoms with E-state index in [4.69, 9.17) is 5.11 Å². The Labute approximate surface area is 113 Å². The summed E-state index contributed by atoms with van der Waals surface area (Å²) in [4.78, 5) is 10.9. The zero-order chi connectivity index (χ0) is 14.6. The van der Waals surface area contributed by atoms with Crippen molar-refractivity contribution in [3.8, 4) is 0 Å². The molecule has 0 radical (unpaired) electrons. The number of nitrogens with zero attached hydrogens (tertiary/aromatic N) is 1. The van der Waals surface area contributed by atoms with Crippen LogP contribution in [0.3, 0.4) is 0 Å². The van der Waals surface area contributed by atoms with Gasteiger partial charge in [0.2, 0.25) is 10.0 Å². The molecule has 0 saturated carbocycles. The van der Waals surface area contributed by atoms with E-state index in [1.54, 1.807) is 0 Å². The fraction of sp³-hybridized carbons (Fsp3) is 0.462. The monoisotopic (exact) mass is 285 g/mol. The minimum absolute atomic E-state index is 0.159. The van der Waals surface area contributed by atoms with Gasteiger partial charge in [0.05, 0.1) is 10.5 Å². The molecule has 5 nitrogen and oxygen atoms in total. The van der Waals surface area contributed by atoms with E-state index in [1.807, 2.05) is 13.8 Å². The third kappa shape index (κ3) is 3.33. The molecule has 1 rings (SSSR count). The van der Waals surface area contributed by atoms with E-state index in [1.165, 1.54) is 35.6 Å². The number of hydrogen-bond acceptors (Lipinski definition) is 3. The molecule has 0 aliphatic heterocycles. The molecule has 0 fully saturated rings. The first-order valence-corrected chi connectivity index (χ1v) is 7.56. The molecule has 0 aromatic heterocycles. The normalized spacial score (nSPS) is 13.5. The van der Waals surface area contributed by atoms with Crippen molar-refractivity contribution < 1.29 is 18.3 Å². The highest BCUT2D eigenvalue weighted by molar-refractivity contribution is 7.89. The minimum atomic E-state index is -3.78. The number of benzene rings is 1. The number of carboxylic acids is 1. The Morgan fingerprint density at radius 3 is 2.47 bits per heavy atom. The van der Waals surface area contributed by atoms with Gasteiger partial charge in [-0.1, -0.05) is 25.5 Å². The van der Waals surface area contributed by atoms with Crippen molar-refractivity contribution in [1.82, 2.24) is 4.31 Å². The second-order valence-corrected chi connectivity index (χ2v) is 6.43. The SMILES string of the molecule is CCCC(C)N(C)S(=O)(=O)c1ccccc1C(=O)O. The van der Waals surface area contributed by atoms with Crippen LogP contribution in [0.25, 0.3) is 0 Å². The van der Waals surface area contributed by atoms with E-state index in [0.717, 1.165) is 12.8 Å². The van der Waals surface area contributed by atoms with E-state index >= 15 is 0 Å². The van der Waals surface area contributed by atoms with E-state index in [0.29, 0.717) is 0 Å². The van der Waals surface area contributed by atoms with Gasteiger partial charge in [0.25, 0.3) is 0 Å². The third-order valence-corrected chi connectivity index (χ3v) is 5.13. The van der Waals surface area contributed by atoms with Crippen LogP contribution in [0.4, 0.5) is 0 Å². The number of rotatable bonds is 6. The third-order valence-electron chi connectivity index (χ3n) is 3.10. The lowest BCUT2D eigenvalue weighted by Crippen LogP contribution is -2.35. The molecule has 0 saturated heterocycles. The Morgan fingerprint density at radius 1 is 1.37 bits per heavy atom. The molecule has 0 amide bonds. The number of hydrogen-bond donors (Lipinski definition) is 1. The van der Waals surface area contributed by atoms with Gasteiger partial charge in [-0.15, -0.1) is 0 Å². The molecular weight excluding hydrogens is 266 g/mol. The predicted octanol–water partition coefficient (Wildman–Crippen LogP) is 2.19. The van der Waals surface area contributed by atoms with Gasteiger partial charge in [0.15, 0.2) is 0 Å².